The van der Waals surface area contributed by atoms with E-state index in [4.69, 9.17) is 0 Å². The minimum Gasteiger partial charge on any atom is -0.329 e. The van der Waals surface area contributed by atoms with Crippen LogP contribution in [0.4, 0.5) is 18.9 Å². The van der Waals surface area contributed by atoms with Gasteiger partial charge in [-0.1, -0.05) is 12.1 Å². The van der Waals surface area contributed by atoms with Gasteiger partial charge in [0.05, 0.1) is 5.69 Å². The molecule has 0 aliphatic heterocycles. The molecule has 2 aromatic carbocycles. The first-order valence-electron chi connectivity index (χ1n) is 7.20. The van der Waals surface area contributed by atoms with Crippen molar-refractivity contribution in [2.45, 2.75) is 14.9 Å². The molecule has 1 N–H and O–H groups in total. The van der Waals surface area contributed by atoms with Crippen LogP contribution in [0.25, 0.3) is 0 Å². The Bertz CT molecular complexity index is 1070. The summed E-state index contributed by atoms with van der Waals surface area (Å²) in [5.41, 5.74) is 0.157. The molecule has 0 aliphatic rings. The van der Waals surface area contributed by atoms with E-state index in [2.05, 4.69) is 9.71 Å². The van der Waals surface area contributed by atoms with Crippen LogP contribution in [0, 0.1) is 17.5 Å². The van der Waals surface area contributed by atoms with Crippen molar-refractivity contribution >= 4 is 27.5 Å². The van der Waals surface area contributed by atoms with Crippen LogP contribution in [-0.4, -0.2) is 18.0 Å². The number of rotatable bonds is 5. The van der Waals surface area contributed by atoms with Gasteiger partial charge in [0.15, 0.2) is 22.6 Å². The van der Waals surface area contributed by atoms with E-state index in [0.29, 0.717) is 22.2 Å². The maximum atomic E-state index is 13.9. The Morgan fingerprint density at radius 2 is 1.81 bits per heavy atom. The molecule has 10 heteroatoms. The summed E-state index contributed by atoms with van der Waals surface area (Å²) in [6.45, 7) is 0. The molecule has 0 saturated heterocycles. The molecule has 0 atom stereocenters. The van der Waals surface area contributed by atoms with Crippen LogP contribution in [0.1, 0.15) is 0 Å². The number of aryl methyl sites for hydroxylation is 1. The summed E-state index contributed by atoms with van der Waals surface area (Å²) in [6.07, 6.45) is 3.32. The van der Waals surface area contributed by atoms with Crippen LogP contribution >= 0.6 is 11.8 Å². The van der Waals surface area contributed by atoms with E-state index in [1.165, 1.54) is 17.8 Å². The number of hydrogen-bond donors (Lipinski definition) is 1. The second kappa shape index (κ2) is 7.04. The average molecular weight is 399 g/mol. The number of halogens is 3. The number of nitrogens with one attached hydrogen (secondary N) is 1. The first-order valence-corrected chi connectivity index (χ1v) is 9.50. The number of anilines is 1. The van der Waals surface area contributed by atoms with E-state index in [1.807, 2.05) is 0 Å². The molecule has 0 spiro atoms. The van der Waals surface area contributed by atoms with Crippen molar-refractivity contribution in [2.75, 3.05) is 4.72 Å². The highest BCUT2D eigenvalue weighted by atomic mass is 32.2. The number of imidazole rings is 1. The van der Waals surface area contributed by atoms with Gasteiger partial charge in [0.1, 0.15) is 4.90 Å². The molecule has 0 unspecified atom stereocenters. The lowest BCUT2D eigenvalue weighted by Gasteiger charge is -2.13. The number of benzene rings is 2. The highest BCUT2D eigenvalue weighted by Gasteiger charge is 2.25. The average Bonchev–Trinajstić information content (AvgIpc) is 2.99. The van der Waals surface area contributed by atoms with E-state index >= 15 is 0 Å². The Balaban J connectivity index is 1.96. The van der Waals surface area contributed by atoms with Gasteiger partial charge in [0, 0.05) is 24.3 Å². The summed E-state index contributed by atoms with van der Waals surface area (Å²) in [7, 11) is -2.69. The van der Waals surface area contributed by atoms with Gasteiger partial charge >= 0.3 is 0 Å². The summed E-state index contributed by atoms with van der Waals surface area (Å²) in [5.74, 6) is -5.08. The molecule has 136 valence electrons. The fourth-order valence-electron chi connectivity index (χ4n) is 2.10. The van der Waals surface area contributed by atoms with Crippen molar-refractivity contribution in [3.63, 3.8) is 0 Å². The lowest BCUT2D eigenvalue weighted by molar-refractivity contribution is 0.432. The van der Waals surface area contributed by atoms with Crippen LogP contribution < -0.4 is 4.72 Å². The third-order valence-corrected chi connectivity index (χ3v) is 5.93. The zero-order valence-electron chi connectivity index (χ0n) is 13.3. The standard InChI is InChI=1S/C16H12F3N3O2S2/c1-22-9-8-20-16(22)25-12-5-3-2-4-11(12)21-26(23,24)13-7-6-10(17)14(18)15(13)19/h2-9,21H,1H3. The van der Waals surface area contributed by atoms with Gasteiger partial charge in [-0.15, -0.1) is 0 Å². The van der Waals surface area contributed by atoms with Crippen molar-refractivity contribution in [3.8, 4) is 0 Å². The van der Waals surface area contributed by atoms with E-state index in [-0.39, 0.29) is 5.69 Å². The molecule has 3 aromatic rings. The lowest BCUT2D eigenvalue weighted by atomic mass is 10.3. The predicted octanol–water partition coefficient (Wildman–Crippen LogP) is 3.79. The fourth-order valence-corrected chi connectivity index (χ4v) is 4.21. The van der Waals surface area contributed by atoms with Crippen LogP contribution in [0.5, 0.6) is 0 Å². The SMILES string of the molecule is Cn1ccnc1Sc1ccccc1NS(=O)(=O)c1ccc(F)c(F)c1F. The highest BCUT2D eigenvalue weighted by Crippen LogP contribution is 2.33. The number of nitrogens with zero attached hydrogens (tertiary/aromatic N) is 2. The Hall–Kier alpha value is -2.46. The molecule has 1 aromatic heterocycles. The Kier molecular flexibility index (Phi) is 4.97. The molecule has 0 saturated carbocycles. The van der Waals surface area contributed by atoms with Crippen LogP contribution in [0.3, 0.4) is 0 Å². The first-order chi connectivity index (χ1) is 12.3. The molecule has 0 bridgehead atoms. The van der Waals surface area contributed by atoms with Crippen LogP contribution in [-0.2, 0) is 17.1 Å². The van der Waals surface area contributed by atoms with E-state index < -0.39 is 32.4 Å². The molecule has 0 amide bonds. The van der Waals surface area contributed by atoms with Crippen molar-refractivity contribution < 1.29 is 21.6 Å². The van der Waals surface area contributed by atoms with Crippen molar-refractivity contribution in [1.29, 1.82) is 0 Å². The molecule has 5 nitrogen and oxygen atoms in total. The molecule has 3 rings (SSSR count). The van der Waals surface area contributed by atoms with Gasteiger partial charge < -0.3 is 4.57 Å². The molecular formula is C16H12F3N3O2S2. The topological polar surface area (TPSA) is 64.0 Å². The molecule has 0 radical (unpaired) electrons. The second-order valence-electron chi connectivity index (χ2n) is 5.20. The Morgan fingerprint density at radius 3 is 2.50 bits per heavy atom. The number of para-hydroxylation sites is 1. The van der Waals surface area contributed by atoms with Crippen LogP contribution in [0.2, 0.25) is 0 Å². The normalized spacial score (nSPS) is 11.5. The predicted molar refractivity (Wildman–Crippen MR) is 90.9 cm³/mol. The Morgan fingerprint density at radius 1 is 1.08 bits per heavy atom. The monoisotopic (exact) mass is 399 g/mol. The minimum atomic E-state index is -4.47. The van der Waals surface area contributed by atoms with Gasteiger partial charge in [0.25, 0.3) is 10.0 Å². The first kappa shape index (κ1) is 18.3. The van der Waals surface area contributed by atoms with Gasteiger partial charge in [-0.05, 0) is 36.0 Å². The third-order valence-electron chi connectivity index (χ3n) is 3.40. The highest BCUT2D eigenvalue weighted by molar-refractivity contribution is 7.99. The third kappa shape index (κ3) is 3.56. The smallest absolute Gasteiger partial charge is 0.264 e. The molecule has 26 heavy (non-hydrogen) atoms. The molecule has 0 fully saturated rings. The maximum absolute atomic E-state index is 13.9. The van der Waals surface area contributed by atoms with E-state index in [1.54, 1.807) is 42.2 Å². The summed E-state index contributed by atoms with van der Waals surface area (Å²) < 4.78 is 69.1. The fraction of sp³-hybridized carbons (Fsp3) is 0.0625. The van der Waals surface area contributed by atoms with E-state index in [9.17, 15) is 21.6 Å². The van der Waals surface area contributed by atoms with Crippen molar-refractivity contribution in [3.05, 3.63) is 66.2 Å². The van der Waals surface area contributed by atoms with Gasteiger partial charge in [-0.2, -0.15) is 0 Å². The number of aromatic nitrogens is 2. The van der Waals surface area contributed by atoms with Crippen LogP contribution in [0.15, 0.2) is 63.7 Å². The van der Waals surface area contributed by atoms with Crippen molar-refractivity contribution in [2.24, 2.45) is 7.05 Å². The lowest BCUT2D eigenvalue weighted by Crippen LogP contribution is -2.16. The van der Waals surface area contributed by atoms with Gasteiger partial charge in [0.2, 0.25) is 0 Å². The summed E-state index contributed by atoms with van der Waals surface area (Å²) >= 11 is 1.19. The molecule has 0 aliphatic carbocycles. The molecule has 1 heterocycles. The Labute approximate surface area is 151 Å². The number of hydrogen-bond acceptors (Lipinski definition) is 4. The largest absolute Gasteiger partial charge is 0.329 e. The van der Waals surface area contributed by atoms with E-state index in [0.717, 1.165) is 0 Å². The van der Waals surface area contributed by atoms with Crippen molar-refractivity contribution in [1.82, 2.24) is 9.55 Å². The van der Waals surface area contributed by atoms with Gasteiger partial charge in [-0.3, -0.25) is 4.72 Å². The zero-order chi connectivity index (χ0) is 18.9. The zero-order valence-corrected chi connectivity index (χ0v) is 14.9. The quantitative estimate of drug-likeness (QED) is 0.663. The van der Waals surface area contributed by atoms with Gasteiger partial charge in [-0.25, -0.2) is 26.6 Å². The molecular weight excluding hydrogens is 387 g/mol. The summed E-state index contributed by atoms with van der Waals surface area (Å²) in [6, 6.07) is 7.63. The number of sulfonamides is 1. The maximum Gasteiger partial charge on any atom is 0.264 e. The second-order valence-corrected chi connectivity index (χ2v) is 7.86. The summed E-state index contributed by atoms with van der Waals surface area (Å²) in [4.78, 5) is 3.67. The summed E-state index contributed by atoms with van der Waals surface area (Å²) in [5, 5.41) is 0.607. The minimum absolute atomic E-state index is 0.157.